The molecule has 0 aliphatic heterocycles. The number of hydrogen-bond donors (Lipinski definition) is 1. The maximum atomic E-state index is 11.8. The second-order valence-corrected chi connectivity index (χ2v) is 5.40. The molecular formula is C20H23NO4. The van der Waals surface area contributed by atoms with Crippen LogP contribution in [0.1, 0.15) is 11.1 Å². The first kappa shape index (κ1) is 18.4. The lowest BCUT2D eigenvalue weighted by atomic mass is 10.2. The van der Waals surface area contributed by atoms with E-state index >= 15 is 0 Å². The van der Waals surface area contributed by atoms with E-state index in [1.54, 1.807) is 26.4 Å². The van der Waals surface area contributed by atoms with Crippen LogP contribution in [-0.2, 0) is 4.79 Å². The molecule has 1 amide bonds. The van der Waals surface area contributed by atoms with Crippen molar-refractivity contribution in [2.75, 3.05) is 27.4 Å². The molecule has 0 spiro atoms. The van der Waals surface area contributed by atoms with Crippen LogP contribution in [0.4, 0.5) is 0 Å². The van der Waals surface area contributed by atoms with Crippen LogP contribution in [0.2, 0.25) is 0 Å². The van der Waals surface area contributed by atoms with Crippen LogP contribution in [0.5, 0.6) is 17.2 Å². The lowest BCUT2D eigenvalue weighted by Crippen LogP contribution is -2.26. The molecule has 25 heavy (non-hydrogen) atoms. The lowest BCUT2D eigenvalue weighted by molar-refractivity contribution is -0.116. The summed E-state index contributed by atoms with van der Waals surface area (Å²) in [5.74, 6) is 1.89. The first-order chi connectivity index (χ1) is 12.1. The van der Waals surface area contributed by atoms with Gasteiger partial charge in [0, 0.05) is 6.08 Å². The van der Waals surface area contributed by atoms with Crippen LogP contribution in [-0.4, -0.2) is 33.3 Å². The Labute approximate surface area is 148 Å². The van der Waals surface area contributed by atoms with E-state index in [2.05, 4.69) is 5.32 Å². The molecule has 0 radical (unpaired) electrons. The van der Waals surface area contributed by atoms with Crippen LogP contribution in [0.3, 0.4) is 0 Å². The molecule has 0 aliphatic carbocycles. The van der Waals surface area contributed by atoms with Crippen LogP contribution in [0.15, 0.2) is 48.5 Å². The van der Waals surface area contributed by atoms with Crippen LogP contribution in [0.25, 0.3) is 6.08 Å². The minimum absolute atomic E-state index is 0.178. The summed E-state index contributed by atoms with van der Waals surface area (Å²) in [6, 6.07) is 13.3. The fraction of sp³-hybridized carbons (Fsp3) is 0.250. The summed E-state index contributed by atoms with van der Waals surface area (Å²) in [5, 5.41) is 2.78. The van der Waals surface area contributed by atoms with Crippen LogP contribution < -0.4 is 19.5 Å². The number of carbonyl (C=O) groups is 1. The van der Waals surface area contributed by atoms with Gasteiger partial charge < -0.3 is 19.5 Å². The Balaban J connectivity index is 1.77. The summed E-state index contributed by atoms with van der Waals surface area (Å²) in [4.78, 5) is 11.8. The third-order valence-corrected chi connectivity index (χ3v) is 3.53. The zero-order valence-corrected chi connectivity index (χ0v) is 14.7. The van der Waals surface area contributed by atoms with Gasteiger partial charge in [-0.15, -0.1) is 0 Å². The van der Waals surface area contributed by atoms with E-state index in [1.165, 1.54) is 11.6 Å². The predicted octanol–water partition coefficient (Wildman–Crippen LogP) is 3.22. The van der Waals surface area contributed by atoms with E-state index in [0.29, 0.717) is 24.7 Å². The fourth-order valence-corrected chi connectivity index (χ4v) is 2.16. The van der Waals surface area contributed by atoms with Crippen molar-refractivity contribution in [2.24, 2.45) is 0 Å². The normalized spacial score (nSPS) is 10.5. The number of amides is 1. The fourth-order valence-electron chi connectivity index (χ4n) is 2.16. The zero-order chi connectivity index (χ0) is 18.1. The molecule has 2 aromatic carbocycles. The maximum Gasteiger partial charge on any atom is 0.244 e. The SMILES string of the molecule is COc1ccc(/C=C/C(=O)NCCOc2ccc(C)cc2)cc1OC. The maximum absolute atomic E-state index is 11.8. The summed E-state index contributed by atoms with van der Waals surface area (Å²) in [7, 11) is 3.16. The summed E-state index contributed by atoms with van der Waals surface area (Å²) >= 11 is 0. The van der Waals surface area contributed by atoms with Gasteiger partial charge in [0.1, 0.15) is 12.4 Å². The Bertz CT molecular complexity index is 723. The molecule has 0 aliphatic rings. The van der Waals surface area contributed by atoms with E-state index in [1.807, 2.05) is 43.3 Å². The van der Waals surface area contributed by atoms with Gasteiger partial charge in [0.15, 0.2) is 11.5 Å². The van der Waals surface area contributed by atoms with E-state index in [-0.39, 0.29) is 5.91 Å². The highest BCUT2D eigenvalue weighted by Crippen LogP contribution is 2.27. The Morgan fingerprint density at radius 1 is 1.04 bits per heavy atom. The number of aryl methyl sites for hydroxylation is 1. The quantitative estimate of drug-likeness (QED) is 0.592. The number of benzene rings is 2. The van der Waals surface area contributed by atoms with Gasteiger partial charge in [-0.2, -0.15) is 0 Å². The van der Waals surface area contributed by atoms with Gasteiger partial charge in [0.05, 0.1) is 20.8 Å². The van der Waals surface area contributed by atoms with Gasteiger partial charge in [-0.1, -0.05) is 23.8 Å². The Morgan fingerprint density at radius 3 is 2.44 bits per heavy atom. The Morgan fingerprint density at radius 2 is 1.76 bits per heavy atom. The molecule has 0 atom stereocenters. The monoisotopic (exact) mass is 341 g/mol. The molecule has 1 N–H and O–H groups in total. The number of methoxy groups -OCH3 is 2. The first-order valence-corrected chi connectivity index (χ1v) is 8.00. The Hall–Kier alpha value is -2.95. The molecule has 2 rings (SSSR count). The van der Waals surface area contributed by atoms with Crippen molar-refractivity contribution in [2.45, 2.75) is 6.92 Å². The van der Waals surface area contributed by atoms with Gasteiger partial charge in [-0.3, -0.25) is 4.79 Å². The summed E-state index contributed by atoms with van der Waals surface area (Å²) < 4.78 is 16.0. The van der Waals surface area contributed by atoms with E-state index in [4.69, 9.17) is 14.2 Å². The number of nitrogens with one attached hydrogen (secondary N) is 1. The third kappa shape index (κ3) is 5.88. The van der Waals surface area contributed by atoms with E-state index < -0.39 is 0 Å². The average molecular weight is 341 g/mol. The molecule has 0 fully saturated rings. The van der Waals surface area contributed by atoms with Gasteiger partial charge in [-0.25, -0.2) is 0 Å². The number of ether oxygens (including phenoxy) is 3. The minimum Gasteiger partial charge on any atom is -0.493 e. The van der Waals surface area contributed by atoms with Crippen molar-refractivity contribution < 1.29 is 19.0 Å². The van der Waals surface area contributed by atoms with Crippen molar-refractivity contribution in [3.8, 4) is 17.2 Å². The van der Waals surface area contributed by atoms with Gasteiger partial charge in [-0.05, 0) is 42.8 Å². The van der Waals surface area contributed by atoms with Crippen molar-refractivity contribution in [1.29, 1.82) is 0 Å². The molecule has 0 bridgehead atoms. The second kappa shape index (κ2) is 9.37. The summed E-state index contributed by atoms with van der Waals surface area (Å²) in [5.41, 5.74) is 2.03. The van der Waals surface area contributed by atoms with Crippen molar-refractivity contribution in [3.63, 3.8) is 0 Å². The first-order valence-electron chi connectivity index (χ1n) is 8.00. The number of hydrogen-bond acceptors (Lipinski definition) is 4. The summed E-state index contributed by atoms with van der Waals surface area (Å²) in [6.07, 6.45) is 3.20. The van der Waals surface area contributed by atoms with Crippen molar-refractivity contribution in [3.05, 3.63) is 59.7 Å². The predicted molar refractivity (Wildman–Crippen MR) is 98.3 cm³/mol. The van der Waals surface area contributed by atoms with Gasteiger partial charge in [0.2, 0.25) is 5.91 Å². The van der Waals surface area contributed by atoms with Crippen molar-refractivity contribution in [1.82, 2.24) is 5.32 Å². The molecule has 0 aromatic heterocycles. The molecule has 5 nitrogen and oxygen atoms in total. The minimum atomic E-state index is -0.178. The topological polar surface area (TPSA) is 56.8 Å². The van der Waals surface area contributed by atoms with Crippen LogP contribution >= 0.6 is 0 Å². The molecule has 0 saturated carbocycles. The standard InChI is InChI=1S/C20H23NO4/c1-15-4-8-17(9-5-15)25-13-12-21-20(22)11-7-16-6-10-18(23-2)19(14-16)24-3/h4-11,14H,12-13H2,1-3H3,(H,21,22)/b11-7+. The van der Waals surface area contributed by atoms with Crippen LogP contribution in [0, 0.1) is 6.92 Å². The molecule has 0 saturated heterocycles. The van der Waals surface area contributed by atoms with E-state index in [9.17, 15) is 4.79 Å². The molecular weight excluding hydrogens is 318 g/mol. The number of carbonyl (C=O) groups excluding carboxylic acids is 1. The smallest absolute Gasteiger partial charge is 0.244 e. The van der Waals surface area contributed by atoms with Gasteiger partial charge >= 0.3 is 0 Å². The highest BCUT2D eigenvalue weighted by molar-refractivity contribution is 5.91. The average Bonchev–Trinajstić information content (AvgIpc) is 2.64. The lowest BCUT2D eigenvalue weighted by Gasteiger charge is -2.08. The highest BCUT2D eigenvalue weighted by Gasteiger charge is 2.03. The zero-order valence-electron chi connectivity index (χ0n) is 14.7. The molecule has 0 unspecified atom stereocenters. The second-order valence-electron chi connectivity index (χ2n) is 5.40. The molecule has 132 valence electrons. The van der Waals surface area contributed by atoms with Crippen molar-refractivity contribution >= 4 is 12.0 Å². The largest absolute Gasteiger partial charge is 0.493 e. The Kier molecular flexibility index (Phi) is 6.89. The third-order valence-electron chi connectivity index (χ3n) is 3.53. The number of rotatable bonds is 8. The highest BCUT2D eigenvalue weighted by atomic mass is 16.5. The summed E-state index contributed by atoms with van der Waals surface area (Å²) in [6.45, 7) is 2.87. The van der Waals surface area contributed by atoms with E-state index in [0.717, 1.165) is 11.3 Å². The molecule has 5 heteroatoms. The molecule has 2 aromatic rings. The molecule has 0 heterocycles. The van der Waals surface area contributed by atoms with Gasteiger partial charge in [0.25, 0.3) is 0 Å².